The molecule has 2 aromatic heterocycles. The van der Waals surface area contributed by atoms with E-state index in [1.807, 2.05) is 0 Å². The van der Waals surface area contributed by atoms with Crippen LogP contribution in [0.5, 0.6) is 0 Å². The first-order valence-corrected chi connectivity index (χ1v) is 8.60. The Bertz CT molecular complexity index is 787. The Morgan fingerprint density at radius 2 is 2.15 bits per heavy atom. The second kappa shape index (κ2) is 8.99. The molecule has 12 heteroatoms. The summed E-state index contributed by atoms with van der Waals surface area (Å²) in [5, 5.41) is 3.50. The molecule has 1 unspecified atom stereocenters. The number of hydrazine groups is 1. The zero-order valence-electron chi connectivity index (χ0n) is 13.5. The molecule has 140 valence electrons. The maximum absolute atomic E-state index is 12.2. The van der Waals surface area contributed by atoms with Gasteiger partial charge in [-0.3, -0.25) is 29.7 Å². The number of anilines is 1. The molecule has 1 atom stereocenters. The topological polar surface area (TPSA) is 117 Å². The van der Waals surface area contributed by atoms with Crippen molar-refractivity contribution in [1.82, 2.24) is 21.0 Å². The normalized spacial score (nSPS) is 11.8. The number of carbonyl (C=O) groups excluding carboxylic acids is 2. The fourth-order valence-corrected chi connectivity index (χ4v) is 2.74. The second-order valence-corrected chi connectivity index (χ2v) is 6.44. The van der Waals surface area contributed by atoms with Crippen molar-refractivity contribution in [3.05, 3.63) is 42.0 Å². The first kappa shape index (κ1) is 19.4. The maximum atomic E-state index is 12.2. The molecule has 0 aromatic carbocycles. The van der Waals surface area contributed by atoms with Gasteiger partial charge in [0.1, 0.15) is 11.0 Å². The number of aromatic nitrogens is 2. The van der Waals surface area contributed by atoms with Crippen molar-refractivity contribution in [3.8, 4) is 0 Å². The van der Waals surface area contributed by atoms with E-state index in [0.717, 1.165) is 0 Å². The van der Waals surface area contributed by atoms with Crippen LogP contribution in [-0.4, -0.2) is 38.3 Å². The highest BCUT2D eigenvalue weighted by Crippen LogP contribution is 2.18. The van der Waals surface area contributed by atoms with Crippen LogP contribution in [0.2, 0.25) is 0 Å². The van der Waals surface area contributed by atoms with Crippen LogP contribution < -0.4 is 15.2 Å². The Labute approximate surface area is 149 Å². The van der Waals surface area contributed by atoms with Crippen LogP contribution in [0.25, 0.3) is 0 Å². The molecule has 0 radical (unpaired) electrons. The van der Waals surface area contributed by atoms with Crippen LogP contribution >= 0.6 is 0 Å². The van der Waals surface area contributed by atoms with Gasteiger partial charge < -0.3 is 4.52 Å². The molecule has 2 N–H and O–H groups in total. The van der Waals surface area contributed by atoms with Gasteiger partial charge in [0.25, 0.3) is 5.91 Å². The predicted molar refractivity (Wildman–Crippen MR) is 87.2 cm³/mol. The number of hydrogen-bond acceptors (Lipinski definition) is 6. The van der Waals surface area contributed by atoms with Crippen LogP contribution in [0.4, 0.5) is 14.5 Å². The molecule has 2 aromatic rings. The summed E-state index contributed by atoms with van der Waals surface area (Å²) in [6.07, 6.45) is -0.168. The van der Waals surface area contributed by atoms with E-state index >= 15 is 0 Å². The Hall–Kier alpha value is -2.89. The fraction of sp³-hybridized carbons (Fsp3) is 0.286. The highest BCUT2D eigenvalue weighted by molar-refractivity contribution is 7.86. The number of rotatable bonds is 7. The standard InChI is InChI=1S/C14H15F2N5O4S/c1-2-26(24)21(9-4-3-5-17-7-9)8-10-6-11(20-25-10)13(22)18-19-14(23)12(15)16/h3-7,12H,2,8H2,1H3,(H,18,22)(H,19,23). The third kappa shape index (κ3) is 5.05. The molecule has 0 saturated carbocycles. The van der Waals surface area contributed by atoms with Crippen molar-refractivity contribution in [3.63, 3.8) is 0 Å². The molecule has 9 nitrogen and oxygen atoms in total. The van der Waals surface area contributed by atoms with Crippen LogP contribution in [0, 0.1) is 0 Å². The number of pyridine rings is 1. The zero-order valence-corrected chi connectivity index (χ0v) is 14.3. The summed E-state index contributed by atoms with van der Waals surface area (Å²) < 4.78 is 42.9. The fourth-order valence-electron chi connectivity index (χ4n) is 1.81. The van der Waals surface area contributed by atoms with Crippen LogP contribution in [0.1, 0.15) is 23.2 Å². The van der Waals surface area contributed by atoms with E-state index in [2.05, 4.69) is 10.1 Å². The van der Waals surface area contributed by atoms with Gasteiger partial charge >= 0.3 is 12.3 Å². The largest absolute Gasteiger partial charge is 0.359 e. The van der Waals surface area contributed by atoms with Gasteiger partial charge in [-0.15, -0.1) is 0 Å². The summed E-state index contributed by atoms with van der Waals surface area (Å²) in [6.45, 7) is 1.78. The summed E-state index contributed by atoms with van der Waals surface area (Å²) in [4.78, 5) is 26.4. The van der Waals surface area contributed by atoms with Gasteiger partial charge in [0.05, 0.1) is 18.4 Å². The molecule has 0 aliphatic heterocycles. The number of alkyl halides is 2. The van der Waals surface area contributed by atoms with Crippen molar-refractivity contribution in [1.29, 1.82) is 0 Å². The first-order chi connectivity index (χ1) is 12.4. The van der Waals surface area contributed by atoms with E-state index in [1.165, 1.54) is 16.6 Å². The molecule has 0 saturated heterocycles. The summed E-state index contributed by atoms with van der Waals surface area (Å²) in [6, 6.07) is 4.64. The van der Waals surface area contributed by atoms with Gasteiger partial charge in [-0.25, -0.2) is 4.21 Å². The summed E-state index contributed by atoms with van der Waals surface area (Å²) in [7, 11) is -1.37. The molecule has 0 bridgehead atoms. The van der Waals surface area contributed by atoms with E-state index < -0.39 is 29.2 Å². The third-order valence-electron chi connectivity index (χ3n) is 3.02. The van der Waals surface area contributed by atoms with E-state index in [9.17, 15) is 22.6 Å². The van der Waals surface area contributed by atoms with Crippen molar-refractivity contribution in [2.24, 2.45) is 0 Å². The van der Waals surface area contributed by atoms with Crippen LogP contribution in [-0.2, 0) is 22.3 Å². The first-order valence-electron chi connectivity index (χ1n) is 7.32. The van der Waals surface area contributed by atoms with E-state index in [4.69, 9.17) is 4.52 Å². The SMILES string of the molecule is CCS(=O)N(Cc1cc(C(=O)NNC(=O)C(F)F)no1)c1cccnc1. The molecule has 2 heterocycles. The molecule has 0 fully saturated rings. The minimum Gasteiger partial charge on any atom is -0.359 e. The zero-order chi connectivity index (χ0) is 19.1. The lowest BCUT2D eigenvalue weighted by atomic mass is 10.3. The Kier molecular flexibility index (Phi) is 6.72. The number of amides is 2. The predicted octanol–water partition coefficient (Wildman–Crippen LogP) is 0.786. The summed E-state index contributed by atoms with van der Waals surface area (Å²) in [5.41, 5.74) is 3.68. The number of nitrogens with one attached hydrogen (secondary N) is 2. The molecule has 26 heavy (non-hydrogen) atoms. The maximum Gasteiger partial charge on any atom is 0.317 e. The third-order valence-corrected chi connectivity index (χ3v) is 4.34. The summed E-state index contributed by atoms with van der Waals surface area (Å²) >= 11 is 0. The molecular weight excluding hydrogens is 372 g/mol. The van der Waals surface area contributed by atoms with Crippen molar-refractivity contribution in [2.45, 2.75) is 19.9 Å². The Morgan fingerprint density at radius 1 is 1.38 bits per heavy atom. The van der Waals surface area contributed by atoms with Gasteiger partial charge in [-0.2, -0.15) is 8.78 Å². The lowest BCUT2D eigenvalue weighted by Gasteiger charge is -2.20. The van der Waals surface area contributed by atoms with Crippen molar-refractivity contribution >= 4 is 28.5 Å². The highest BCUT2D eigenvalue weighted by atomic mass is 32.2. The van der Waals surface area contributed by atoms with Crippen molar-refractivity contribution in [2.75, 3.05) is 10.1 Å². The monoisotopic (exact) mass is 387 g/mol. The van der Waals surface area contributed by atoms with Crippen LogP contribution in [0.3, 0.4) is 0 Å². The van der Waals surface area contributed by atoms with Gasteiger partial charge in [0.2, 0.25) is 0 Å². The van der Waals surface area contributed by atoms with E-state index in [-0.39, 0.29) is 18.0 Å². The Balaban J connectivity index is 2.06. The molecule has 0 spiro atoms. The summed E-state index contributed by atoms with van der Waals surface area (Å²) in [5.74, 6) is -2.03. The van der Waals surface area contributed by atoms with Gasteiger partial charge in [0, 0.05) is 18.0 Å². The van der Waals surface area contributed by atoms with Gasteiger partial charge in [0.15, 0.2) is 11.5 Å². The number of hydrogen-bond donors (Lipinski definition) is 2. The molecule has 0 aliphatic rings. The minimum absolute atomic E-state index is 0.0375. The average Bonchev–Trinajstić information content (AvgIpc) is 3.12. The average molecular weight is 387 g/mol. The second-order valence-electron chi connectivity index (χ2n) is 4.78. The molecule has 0 aliphatic carbocycles. The number of nitrogens with zero attached hydrogens (tertiary/aromatic N) is 3. The van der Waals surface area contributed by atoms with Gasteiger partial charge in [-0.05, 0) is 12.1 Å². The Morgan fingerprint density at radius 3 is 2.77 bits per heavy atom. The molecule has 2 rings (SSSR count). The number of halogens is 2. The quantitative estimate of drug-likeness (QED) is 0.678. The molecule has 2 amide bonds. The molecular formula is C14H15F2N5O4S. The van der Waals surface area contributed by atoms with Gasteiger partial charge in [-0.1, -0.05) is 12.1 Å². The highest BCUT2D eigenvalue weighted by Gasteiger charge is 2.20. The lowest BCUT2D eigenvalue weighted by molar-refractivity contribution is -0.132. The van der Waals surface area contributed by atoms with Crippen LogP contribution in [0.15, 0.2) is 35.1 Å². The smallest absolute Gasteiger partial charge is 0.317 e. The lowest BCUT2D eigenvalue weighted by Crippen LogP contribution is -2.44. The van der Waals surface area contributed by atoms with Crippen molar-refractivity contribution < 1.29 is 27.1 Å². The van der Waals surface area contributed by atoms with E-state index in [0.29, 0.717) is 11.4 Å². The van der Waals surface area contributed by atoms with E-state index in [1.54, 1.807) is 36.1 Å². The minimum atomic E-state index is -3.26. The number of carbonyl (C=O) groups is 2.